The normalized spacial score (nSPS) is 20.9. The maximum absolute atomic E-state index is 14.2. The molecular weight excluding hydrogens is 335 g/mol. The zero-order chi connectivity index (χ0) is 17.9. The van der Waals surface area contributed by atoms with Gasteiger partial charge in [0.2, 0.25) is 12.2 Å². The molecule has 0 radical (unpaired) electrons. The second kappa shape index (κ2) is 7.48. The quantitative estimate of drug-likeness (QED) is 0.336. The van der Waals surface area contributed by atoms with Gasteiger partial charge < -0.3 is 10.4 Å². The number of hydrogen-bond acceptors (Lipinski definition) is 4. The Kier molecular flexibility index (Phi) is 5.61. The molecule has 1 aliphatic rings. The first-order chi connectivity index (χ1) is 11.3. The number of carbonyl (C=O) groups is 3. The number of β-lactam (4-membered cyclic amide) rings is 1. The van der Waals surface area contributed by atoms with Crippen LogP contribution in [0.15, 0.2) is 47.4 Å². The van der Waals surface area contributed by atoms with Crippen LogP contribution in [0, 0.1) is 0 Å². The summed E-state index contributed by atoms with van der Waals surface area (Å²) in [6, 6.07) is 6.38. The monoisotopic (exact) mass is 352 g/mol. The highest BCUT2D eigenvalue weighted by molar-refractivity contribution is 8.00. The third kappa shape index (κ3) is 3.76. The van der Waals surface area contributed by atoms with Gasteiger partial charge in [-0.05, 0) is 24.6 Å². The molecule has 0 aliphatic carbocycles. The molecule has 1 saturated heterocycles. The Labute approximate surface area is 142 Å². The minimum Gasteiger partial charge on any atom is -0.479 e. The van der Waals surface area contributed by atoms with Crippen LogP contribution >= 0.6 is 11.8 Å². The number of nitrogens with zero attached hydrogens (tertiary/aromatic N) is 1. The maximum Gasteiger partial charge on any atom is 0.330 e. The van der Waals surface area contributed by atoms with Crippen LogP contribution in [0.2, 0.25) is 0 Å². The minimum absolute atomic E-state index is 0.0311. The SMILES string of the molecule is C=C(C)C(C(=O)O)N1C(=O)C(NC(=O)CSc2ccccc2)C1F. The second-order valence-corrected chi connectivity index (χ2v) is 6.40. The Hall–Kier alpha value is -2.35. The number of rotatable bonds is 7. The third-order valence-electron chi connectivity index (χ3n) is 3.47. The molecule has 0 saturated carbocycles. The average molecular weight is 352 g/mol. The molecule has 1 aromatic carbocycles. The molecule has 3 unspecified atom stereocenters. The summed E-state index contributed by atoms with van der Waals surface area (Å²) in [5, 5.41) is 11.4. The lowest BCUT2D eigenvalue weighted by Crippen LogP contribution is -2.72. The largest absolute Gasteiger partial charge is 0.479 e. The van der Waals surface area contributed by atoms with E-state index >= 15 is 0 Å². The average Bonchev–Trinajstić information content (AvgIpc) is 2.55. The second-order valence-electron chi connectivity index (χ2n) is 5.35. The van der Waals surface area contributed by atoms with Gasteiger partial charge in [-0.25, -0.2) is 9.18 Å². The minimum atomic E-state index is -1.89. The molecule has 1 aromatic rings. The lowest BCUT2D eigenvalue weighted by molar-refractivity contribution is -0.174. The van der Waals surface area contributed by atoms with E-state index in [2.05, 4.69) is 11.9 Å². The van der Waals surface area contributed by atoms with Crippen molar-refractivity contribution in [3.63, 3.8) is 0 Å². The topological polar surface area (TPSA) is 86.7 Å². The van der Waals surface area contributed by atoms with Crippen molar-refractivity contribution in [1.29, 1.82) is 0 Å². The highest BCUT2D eigenvalue weighted by Gasteiger charge is 2.53. The van der Waals surface area contributed by atoms with E-state index in [4.69, 9.17) is 5.11 Å². The molecule has 0 aromatic heterocycles. The van der Waals surface area contributed by atoms with Crippen LogP contribution in [-0.2, 0) is 14.4 Å². The van der Waals surface area contributed by atoms with Crippen LogP contribution in [0.5, 0.6) is 0 Å². The molecular formula is C16H17FN2O4S. The first kappa shape index (κ1) is 18.0. The number of halogens is 1. The van der Waals surface area contributed by atoms with Gasteiger partial charge >= 0.3 is 5.97 Å². The lowest BCUT2D eigenvalue weighted by atomic mass is 9.98. The van der Waals surface area contributed by atoms with Gasteiger partial charge in [0.1, 0.15) is 0 Å². The summed E-state index contributed by atoms with van der Waals surface area (Å²) in [5.41, 5.74) is 0.142. The zero-order valence-electron chi connectivity index (χ0n) is 12.9. The first-order valence-corrected chi connectivity index (χ1v) is 8.13. The van der Waals surface area contributed by atoms with E-state index in [0.29, 0.717) is 4.90 Å². The van der Waals surface area contributed by atoms with Crippen molar-refractivity contribution in [2.45, 2.75) is 30.2 Å². The smallest absolute Gasteiger partial charge is 0.330 e. The van der Waals surface area contributed by atoms with Crippen molar-refractivity contribution in [2.75, 3.05) is 5.75 Å². The van der Waals surface area contributed by atoms with Crippen LogP contribution in [-0.4, -0.2) is 51.9 Å². The molecule has 2 N–H and O–H groups in total. The number of carboxylic acids is 1. The van der Waals surface area contributed by atoms with Gasteiger partial charge in [0.15, 0.2) is 12.1 Å². The lowest BCUT2D eigenvalue weighted by Gasteiger charge is -2.45. The Balaban J connectivity index is 1.90. The fourth-order valence-corrected chi connectivity index (χ4v) is 3.06. The van der Waals surface area contributed by atoms with Gasteiger partial charge in [-0.1, -0.05) is 24.8 Å². The molecule has 2 amide bonds. The molecule has 2 rings (SSSR count). The van der Waals surface area contributed by atoms with Gasteiger partial charge in [-0.2, -0.15) is 0 Å². The van der Waals surface area contributed by atoms with Gasteiger partial charge in [0.05, 0.1) is 5.75 Å². The Morgan fingerprint density at radius 3 is 2.54 bits per heavy atom. The number of aliphatic carboxylic acids is 1. The van der Waals surface area contributed by atoms with Crippen molar-refractivity contribution in [3.05, 3.63) is 42.5 Å². The number of nitrogens with one attached hydrogen (secondary N) is 1. The van der Waals surface area contributed by atoms with E-state index in [9.17, 15) is 18.8 Å². The van der Waals surface area contributed by atoms with E-state index in [1.807, 2.05) is 30.3 Å². The summed E-state index contributed by atoms with van der Waals surface area (Å²) >= 11 is 1.26. The van der Waals surface area contributed by atoms with Crippen LogP contribution < -0.4 is 5.32 Å². The number of thioether (sulfide) groups is 1. The molecule has 0 bridgehead atoms. The zero-order valence-corrected chi connectivity index (χ0v) is 13.8. The van der Waals surface area contributed by atoms with Crippen LogP contribution in [0.1, 0.15) is 6.92 Å². The van der Waals surface area contributed by atoms with E-state index < -0.39 is 36.2 Å². The molecule has 6 nitrogen and oxygen atoms in total. The maximum atomic E-state index is 14.2. The van der Waals surface area contributed by atoms with Gasteiger partial charge in [0.25, 0.3) is 5.91 Å². The van der Waals surface area contributed by atoms with Gasteiger partial charge in [0, 0.05) is 4.90 Å². The van der Waals surface area contributed by atoms with E-state index in [1.54, 1.807) is 0 Å². The first-order valence-electron chi connectivity index (χ1n) is 7.14. The van der Waals surface area contributed by atoms with Crippen LogP contribution in [0.3, 0.4) is 0 Å². The summed E-state index contributed by atoms with van der Waals surface area (Å²) < 4.78 is 14.2. The number of carboxylic acid groups (broad SMARTS) is 1. The molecule has 1 heterocycles. The molecule has 128 valence electrons. The summed E-state index contributed by atoms with van der Waals surface area (Å²) in [6.45, 7) is 4.87. The molecule has 0 spiro atoms. The summed E-state index contributed by atoms with van der Waals surface area (Å²) in [6.07, 6.45) is -1.89. The number of alkyl halides is 1. The Bertz CT molecular complexity index is 653. The van der Waals surface area contributed by atoms with E-state index in [0.717, 1.165) is 4.90 Å². The predicted octanol–water partition coefficient (Wildman–Crippen LogP) is 1.43. The standard InChI is InChI=1S/C16H17FN2O4S/c1-9(2)13(16(22)23)19-14(17)12(15(19)21)18-11(20)8-24-10-6-4-3-5-7-10/h3-7,12-14H,1,8H2,2H3,(H,18,20)(H,22,23). The highest BCUT2D eigenvalue weighted by Crippen LogP contribution is 2.27. The number of hydrogen-bond donors (Lipinski definition) is 2. The molecule has 3 atom stereocenters. The summed E-state index contributed by atoms with van der Waals surface area (Å²) in [7, 11) is 0. The number of likely N-dealkylation sites (tertiary alicyclic amines) is 1. The number of benzene rings is 1. The third-order valence-corrected chi connectivity index (χ3v) is 4.48. The molecule has 1 fully saturated rings. The van der Waals surface area contributed by atoms with Crippen molar-refractivity contribution in [1.82, 2.24) is 10.2 Å². The Morgan fingerprint density at radius 1 is 1.42 bits per heavy atom. The van der Waals surface area contributed by atoms with Crippen molar-refractivity contribution in [2.24, 2.45) is 0 Å². The predicted molar refractivity (Wildman–Crippen MR) is 87.1 cm³/mol. The molecule has 24 heavy (non-hydrogen) atoms. The molecule has 8 heteroatoms. The van der Waals surface area contributed by atoms with Crippen molar-refractivity contribution >= 4 is 29.5 Å². The highest BCUT2D eigenvalue weighted by atomic mass is 32.2. The van der Waals surface area contributed by atoms with Crippen LogP contribution in [0.25, 0.3) is 0 Å². The fraction of sp³-hybridized carbons (Fsp3) is 0.312. The Morgan fingerprint density at radius 2 is 2.04 bits per heavy atom. The number of amides is 2. The van der Waals surface area contributed by atoms with Crippen molar-refractivity contribution in [3.8, 4) is 0 Å². The number of carbonyl (C=O) groups excluding carboxylic acids is 2. The van der Waals surface area contributed by atoms with Gasteiger partial charge in [-0.15, -0.1) is 11.8 Å². The van der Waals surface area contributed by atoms with Crippen molar-refractivity contribution < 1.29 is 23.9 Å². The van der Waals surface area contributed by atoms with E-state index in [1.165, 1.54) is 18.7 Å². The van der Waals surface area contributed by atoms with E-state index in [-0.39, 0.29) is 11.3 Å². The van der Waals surface area contributed by atoms with Gasteiger partial charge in [-0.3, -0.25) is 14.5 Å². The fourth-order valence-electron chi connectivity index (χ4n) is 2.33. The van der Waals surface area contributed by atoms with Crippen LogP contribution in [0.4, 0.5) is 4.39 Å². The summed E-state index contributed by atoms with van der Waals surface area (Å²) in [5.74, 6) is -2.59. The molecule has 1 aliphatic heterocycles. The summed E-state index contributed by atoms with van der Waals surface area (Å²) in [4.78, 5) is 36.4.